The predicted octanol–water partition coefficient (Wildman–Crippen LogP) is 5.15. The standard InChI is InChI=1S/C41H55N3O10S/c1-25-11-7-8-12-27-20-41(27,39(48)43-55(49,50)29-15-16-29)21-34(45)33-18-28(53-37-31-14-10-9-13-30(31)35(52-6)22-42-37)23-44(33)38(47)32(26(17-25)24-51-5)19-36(46)54-40(2,3)4/h8-10,12-14,22,25-29,32-33H,7,11,15-21,23-24H2,1-6H3,(H,43,48)/b12-8-/t25-,26-,27+,28+,32-,33-,41+/m0/s1. The number of rotatable bonds is 10. The minimum absolute atomic E-state index is 0.0237. The number of nitrogens with zero attached hydrogens (tertiary/aromatic N) is 2. The summed E-state index contributed by atoms with van der Waals surface area (Å²) in [6.45, 7) is 7.65. The fourth-order valence-corrected chi connectivity index (χ4v) is 9.69. The Morgan fingerprint density at radius 2 is 1.78 bits per heavy atom. The number of sulfonamides is 1. The van der Waals surface area contributed by atoms with E-state index in [0.29, 0.717) is 49.1 Å². The first-order chi connectivity index (χ1) is 26.0. The van der Waals surface area contributed by atoms with E-state index in [1.54, 1.807) is 41.2 Å². The third-order valence-corrected chi connectivity index (χ3v) is 13.2. The van der Waals surface area contributed by atoms with Crippen molar-refractivity contribution in [3.05, 3.63) is 42.6 Å². The van der Waals surface area contributed by atoms with E-state index >= 15 is 4.79 Å². The van der Waals surface area contributed by atoms with Crippen LogP contribution in [0.5, 0.6) is 11.6 Å². The molecule has 1 N–H and O–H groups in total. The summed E-state index contributed by atoms with van der Waals surface area (Å²) < 4.78 is 51.6. The summed E-state index contributed by atoms with van der Waals surface area (Å²) in [4.78, 5) is 63.0. The van der Waals surface area contributed by atoms with Gasteiger partial charge in [-0.2, -0.15) is 0 Å². The van der Waals surface area contributed by atoms with Crippen molar-refractivity contribution in [2.24, 2.45) is 29.1 Å². The number of fused-ring (bicyclic) bond motifs is 3. The number of carbonyl (C=O) groups is 4. The number of benzene rings is 1. The molecule has 1 aromatic heterocycles. The molecule has 0 spiro atoms. The monoisotopic (exact) mass is 781 g/mol. The van der Waals surface area contributed by atoms with Crippen LogP contribution in [0.1, 0.15) is 85.5 Å². The molecule has 2 aromatic rings. The third-order valence-electron chi connectivity index (χ3n) is 11.4. The van der Waals surface area contributed by atoms with Crippen molar-refractivity contribution in [3.63, 3.8) is 0 Å². The maximum atomic E-state index is 15.0. The van der Waals surface area contributed by atoms with Crippen LogP contribution in [0, 0.1) is 29.1 Å². The molecule has 2 saturated carbocycles. The Balaban J connectivity index is 1.37. The quantitative estimate of drug-likeness (QED) is 0.250. The zero-order valence-corrected chi connectivity index (χ0v) is 33.6. The van der Waals surface area contributed by atoms with Crippen molar-refractivity contribution < 1.29 is 46.5 Å². The molecule has 2 amide bonds. The van der Waals surface area contributed by atoms with Gasteiger partial charge in [-0.1, -0.05) is 37.3 Å². The Morgan fingerprint density at radius 3 is 2.45 bits per heavy atom. The van der Waals surface area contributed by atoms with E-state index in [0.717, 1.165) is 11.8 Å². The van der Waals surface area contributed by atoms with Gasteiger partial charge in [-0.3, -0.25) is 23.9 Å². The van der Waals surface area contributed by atoms with Crippen LogP contribution in [-0.4, -0.2) is 92.2 Å². The Morgan fingerprint density at radius 1 is 1.05 bits per heavy atom. The first kappa shape index (κ1) is 40.6. The highest BCUT2D eigenvalue weighted by molar-refractivity contribution is 7.90. The number of carbonyl (C=O) groups excluding carboxylic acids is 4. The summed E-state index contributed by atoms with van der Waals surface area (Å²) in [5.41, 5.74) is -2.05. The zero-order chi connectivity index (χ0) is 39.7. The third kappa shape index (κ3) is 9.33. The van der Waals surface area contributed by atoms with Crippen LogP contribution in [0.2, 0.25) is 0 Å². The second-order valence-corrected chi connectivity index (χ2v) is 18.9. The second-order valence-electron chi connectivity index (χ2n) is 16.9. The maximum absolute atomic E-state index is 15.0. The number of nitrogens with one attached hydrogen (secondary N) is 1. The lowest BCUT2D eigenvalue weighted by Gasteiger charge is -2.33. The molecular formula is C41H55N3O10S. The molecule has 55 heavy (non-hydrogen) atoms. The van der Waals surface area contributed by atoms with Crippen molar-refractivity contribution in [3.8, 4) is 11.6 Å². The van der Waals surface area contributed by atoms with Gasteiger partial charge >= 0.3 is 5.97 Å². The van der Waals surface area contributed by atoms with Gasteiger partial charge < -0.3 is 23.8 Å². The number of amides is 2. The molecule has 3 heterocycles. The van der Waals surface area contributed by atoms with Gasteiger partial charge in [-0.15, -0.1) is 0 Å². The Labute approximate surface area is 323 Å². The number of ether oxygens (including phenoxy) is 4. The summed E-state index contributed by atoms with van der Waals surface area (Å²) in [5.74, 6) is -2.53. The molecule has 7 atom stereocenters. The van der Waals surface area contributed by atoms with Gasteiger partial charge in [0.1, 0.15) is 17.5 Å². The van der Waals surface area contributed by atoms with Crippen LogP contribution in [0.3, 0.4) is 0 Å². The van der Waals surface area contributed by atoms with Crippen LogP contribution < -0.4 is 14.2 Å². The van der Waals surface area contributed by atoms with E-state index in [2.05, 4.69) is 16.6 Å². The highest BCUT2D eigenvalue weighted by Crippen LogP contribution is 2.57. The highest BCUT2D eigenvalue weighted by Gasteiger charge is 2.61. The lowest BCUT2D eigenvalue weighted by atomic mass is 9.81. The molecule has 2 aliphatic carbocycles. The number of allylic oxidation sites excluding steroid dienone is 2. The van der Waals surface area contributed by atoms with Crippen molar-refractivity contribution in [2.45, 2.75) is 108 Å². The number of hydrogen-bond donors (Lipinski definition) is 1. The fraction of sp³-hybridized carbons (Fsp3) is 0.634. The van der Waals surface area contributed by atoms with Crippen LogP contribution in [-0.2, 0) is 38.7 Å². The fourth-order valence-electron chi connectivity index (χ4n) is 8.31. The van der Waals surface area contributed by atoms with Crippen LogP contribution in [0.4, 0.5) is 0 Å². The number of hydrogen-bond acceptors (Lipinski definition) is 11. The van der Waals surface area contributed by atoms with Gasteiger partial charge in [0.05, 0.1) is 48.9 Å². The number of Topliss-reactive ketones (excluding diaryl/α,β-unsaturated/α-hetero) is 1. The lowest BCUT2D eigenvalue weighted by molar-refractivity contribution is -0.160. The molecule has 1 aromatic carbocycles. The van der Waals surface area contributed by atoms with Gasteiger partial charge in [0.25, 0.3) is 0 Å². The van der Waals surface area contributed by atoms with Crippen LogP contribution in [0.25, 0.3) is 10.8 Å². The topological polar surface area (TPSA) is 167 Å². The Kier molecular flexibility index (Phi) is 12.0. The number of aromatic nitrogens is 1. The SMILES string of the molecule is COC[C@@H]1C[C@@H](C)CC/C=C\[C@@H]2C[C@@]2(C(=O)NS(=O)(=O)C2CC2)CC(=O)[C@@H]2C[C@@H](Oc3ncc(OC)c4ccccc34)CN2C(=O)[C@H]1CC(=O)OC(C)(C)C. The minimum Gasteiger partial charge on any atom is -0.494 e. The van der Waals surface area contributed by atoms with Crippen molar-refractivity contribution in [1.82, 2.24) is 14.6 Å². The van der Waals surface area contributed by atoms with Crippen molar-refractivity contribution >= 4 is 44.4 Å². The Bertz CT molecular complexity index is 1920. The minimum atomic E-state index is -3.87. The van der Waals surface area contributed by atoms with E-state index in [9.17, 15) is 22.8 Å². The van der Waals surface area contributed by atoms with Gasteiger partial charge in [0, 0.05) is 37.3 Å². The Hall–Kier alpha value is -4.04. The van der Waals surface area contributed by atoms with Crippen LogP contribution in [0.15, 0.2) is 42.6 Å². The summed E-state index contributed by atoms with van der Waals surface area (Å²) >= 11 is 0. The molecule has 0 radical (unpaired) electrons. The van der Waals surface area contributed by atoms with E-state index in [1.807, 2.05) is 36.4 Å². The van der Waals surface area contributed by atoms with E-state index in [-0.39, 0.29) is 56.0 Å². The molecule has 6 rings (SSSR count). The number of pyridine rings is 1. The molecule has 4 aliphatic rings. The molecule has 3 fully saturated rings. The average molecular weight is 782 g/mol. The molecule has 0 unspecified atom stereocenters. The van der Waals surface area contributed by atoms with Crippen molar-refractivity contribution in [1.29, 1.82) is 0 Å². The predicted molar refractivity (Wildman–Crippen MR) is 205 cm³/mol. The van der Waals surface area contributed by atoms with Gasteiger partial charge in [-0.05, 0) is 83.1 Å². The first-order valence-electron chi connectivity index (χ1n) is 19.4. The molecule has 0 bridgehead atoms. The lowest BCUT2D eigenvalue weighted by Crippen LogP contribution is -2.48. The van der Waals surface area contributed by atoms with Gasteiger partial charge in [-0.25, -0.2) is 13.4 Å². The first-order valence-corrected chi connectivity index (χ1v) is 20.9. The van der Waals surface area contributed by atoms with Crippen molar-refractivity contribution in [2.75, 3.05) is 27.4 Å². The molecule has 300 valence electrons. The smallest absolute Gasteiger partial charge is 0.307 e. The maximum Gasteiger partial charge on any atom is 0.307 e. The van der Waals surface area contributed by atoms with E-state index in [1.165, 1.54) is 4.90 Å². The molecule has 2 aliphatic heterocycles. The van der Waals surface area contributed by atoms with Gasteiger partial charge in [0.15, 0.2) is 5.78 Å². The van der Waals surface area contributed by atoms with E-state index in [4.69, 9.17) is 18.9 Å². The normalized spacial score (nSPS) is 29.7. The molecular weight excluding hydrogens is 727 g/mol. The summed E-state index contributed by atoms with van der Waals surface area (Å²) in [6, 6.07) is 6.47. The summed E-state index contributed by atoms with van der Waals surface area (Å²) in [5, 5.41) is 0.873. The second kappa shape index (κ2) is 16.2. The number of methoxy groups -OCH3 is 2. The molecule has 14 heteroatoms. The molecule has 1 saturated heterocycles. The zero-order valence-electron chi connectivity index (χ0n) is 32.7. The highest BCUT2D eigenvalue weighted by atomic mass is 32.2. The van der Waals surface area contributed by atoms with Crippen LogP contribution >= 0.6 is 0 Å². The largest absolute Gasteiger partial charge is 0.494 e. The van der Waals surface area contributed by atoms with E-state index < -0.39 is 62.1 Å². The number of ketones is 1. The average Bonchev–Trinajstić information content (AvgIpc) is 4.05. The summed E-state index contributed by atoms with van der Waals surface area (Å²) in [7, 11) is -0.740. The number of esters is 1. The molecule has 13 nitrogen and oxygen atoms in total. The van der Waals surface area contributed by atoms with Gasteiger partial charge in [0.2, 0.25) is 27.7 Å². The summed E-state index contributed by atoms with van der Waals surface area (Å²) in [6.07, 6.45) is 7.82.